The Morgan fingerprint density at radius 1 is 1.38 bits per heavy atom. The summed E-state index contributed by atoms with van der Waals surface area (Å²) in [4.78, 5) is 3.63. The Bertz CT molecular complexity index is 424. The molecule has 13 heavy (non-hydrogen) atoms. The van der Waals surface area contributed by atoms with Crippen LogP contribution in [0.4, 0.5) is 10.2 Å². The third-order valence-corrected chi connectivity index (χ3v) is 1.61. The smallest absolute Gasteiger partial charge is 0.167 e. The van der Waals surface area contributed by atoms with Gasteiger partial charge in [-0.2, -0.15) is 5.10 Å². The maximum Gasteiger partial charge on any atom is 0.167 e. The molecule has 0 amide bonds. The molecular formula is C8H7FN4. The Balaban J connectivity index is 2.52. The summed E-state index contributed by atoms with van der Waals surface area (Å²) in [5, 5.41) is 3.87. The molecule has 0 bridgehead atoms. The minimum absolute atomic E-state index is 0.340. The Morgan fingerprint density at radius 3 is 2.85 bits per heavy atom. The number of nitrogen functional groups attached to an aromatic ring is 1. The Morgan fingerprint density at radius 2 is 2.23 bits per heavy atom. The largest absolute Gasteiger partial charge is 0.382 e. The first-order valence-electron chi connectivity index (χ1n) is 3.68. The maximum atomic E-state index is 13.1. The number of rotatable bonds is 1. The fraction of sp³-hybridized carbons (Fsp3) is 0. The van der Waals surface area contributed by atoms with Gasteiger partial charge >= 0.3 is 0 Å². The average Bonchev–Trinajstić information content (AvgIpc) is 2.53. The van der Waals surface area contributed by atoms with E-state index < -0.39 is 5.82 Å². The molecule has 0 unspecified atom stereocenters. The van der Waals surface area contributed by atoms with Crippen molar-refractivity contribution in [2.75, 3.05) is 5.73 Å². The number of hydrogen-bond donors (Lipinski definition) is 1. The second-order valence-electron chi connectivity index (χ2n) is 2.51. The van der Waals surface area contributed by atoms with Crippen LogP contribution in [0.1, 0.15) is 0 Å². The quantitative estimate of drug-likeness (QED) is 0.708. The van der Waals surface area contributed by atoms with E-state index in [9.17, 15) is 4.39 Å². The molecule has 4 nitrogen and oxygen atoms in total. The lowest BCUT2D eigenvalue weighted by Crippen LogP contribution is -1.99. The van der Waals surface area contributed by atoms with Crippen molar-refractivity contribution in [2.45, 2.75) is 0 Å². The van der Waals surface area contributed by atoms with Crippen LogP contribution >= 0.6 is 0 Å². The van der Waals surface area contributed by atoms with E-state index in [0.717, 1.165) is 6.20 Å². The topological polar surface area (TPSA) is 56.7 Å². The van der Waals surface area contributed by atoms with Crippen molar-refractivity contribution >= 4 is 5.82 Å². The molecule has 0 aliphatic heterocycles. The van der Waals surface area contributed by atoms with Gasteiger partial charge in [0.25, 0.3) is 0 Å². The number of anilines is 1. The number of aromatic nitrogens is 3. The number of nitrogens with two attached hydrogens (primary N) is 1. The second kappa shape index (κ2) is 2.85. The van der Waals surface area contributed by atoms with Crippen molar-refractivity contribution in [3.05, 3.63) is 36.5 Å². The standard InChI is InChI=1S/C8H7FN4/c9-6-5-11-3-1-7(6)13-4-2-8(10)12-13/h1-5H,(H2,10,12). The lowest BCUT2D eigenvalue weighted by Gasteiger charge is -2.00. The summed E-state index contributed by atoms with van der Waals surface area (Å²) in [6, 6.07) is 3.13. The van der Waals surface area contributed by atoms with Crippen molar-refractivity contribution in [3.8, 4) is 5.69 Å². The van der Waals surface area contributed by atoms with Gasteiger partial charge in [-0.15, -0.1) is 0 Å². The van der Waals surface area contributed by atoms with Gasteiger partial charge in [0.1, 0.15) is 11.5 Å². The van der Waals surface area contributed by atoms with Crippen LogP contribution in [0.25, 0.3) is 5.69 Å². The highest BCUT2D eigenvalue weighted by molar-refractivity contribution is 5.34. The van der Waals surface area contributed by atoms with Gasteiger partial charge in [-0.1, -0.05) is 0 Å². The molecule has 2 N–H and O–H groups in total. The highest BCUT2D eigenvalue weighted by Gasteiger charge is 2.03. The summed E-state index contributed by atoms with van der Waals surface area (Å²) < 4.78 is 14.5. The van der Waals surface area contributed by atoms with E-state index in [2.05, 4.69) is 10.1 Å². The molecule has 2 rings (SSSR count). The van der Waals surface area contributed by atoms with Gasteiger partial charge in [0.15, 0.2) is 5.82 Å². The summed E-state index contributed by atoms with van der Waals surface area (Å²) in [5.74, 6) is -0.0678. The first-order chi connectivity index (χ1) is 6.27. The number of nitrogens with zero attached hydrogens (tertiary/aromatic N) is 3. The van der Waals surface area contributed by atoms with E-state index in [1.54, 1.807) is 12.3 Å². The zero-order chi connectivity index (χ0) is 9.26. The molecule has 5 heteroatoms. The molecule has 66 valence electrons. The molecule has 2 heterocycles. The van der Waals surface area contributed by atoms with Gasteiger partial charge < -0.3 is 5.73 Å². The molecule has 0 aliphatic carbocycles. The van der Waals surface area contributed by atoms with Gasteiger partial charge in [0.2, 0.25) is 0 Å². The summed E-state index contributed by atoms with van der Waals surface area (Å²) >= 11 is 0. The predicted molar refractivity (Wildman–Crippen MR) is 45.7 cm³/mol. The summed E-state index contributed by atoms with van der Waals surface area (Å²) in [5.41, 5.74) is 5.74. The van der Waals surface area contributed by atoms with Crippen molar-refractivity contribution in [1.29, 1.82) is 0 Å². The highest BCUT2D eigenvalue weighted by Crippen LogP contribution is 2.10. The van der Waals surface area contributed by atoms with Gasteiger partial charge in [-0.05, 0) is 6.07 Å². The zero-order valence-electron chi connectivity index (χ0n) is 6.68. The van der Waals surface area contributed by atoms with Gasteiger partial charge in [0, 0.05) is 18.5 Å². The minimum atomic E-state index is -0.425. The monoisotopic (exact) mass is 178 g/mol. The fourth-order valence-electron chi connectivity index (χ4n) is 1.03. The van der Waals surface area contributed by atoms with Crippen LogP contribution in [0.15, 0.2) is 30.7 Å². The average molecular weight is 178 g/mol. The lowest BCUT2D eigenvalue weighted by atomic mass is 10.4. The van der Waals surface area contributed by atoms with E-state index in [4.69, 9.17) is 5.73 Å². The van der Waals surface area contributed by atoms with Crippen LogP contribution < -0.4 is 5.73 Å². The van der Waals surface area contributed by atoms with Crippen LogP contribution in [0.3, 0.4) is 0 Å². The molecule has 0 aliphatic rings. The number of hydrogen-bond acceptors (Lipinski definition) is 3. The molecule has 0 saturated heterocycles. The van der Waals surface area contributed by atoms with Crippen LogP contribution in [-0.4, -0.2) is 14.8 Å². The van der Waals surface area contributed by atoms with Crippen LogP contribution in [0, 0.1) is 5.82 Å². The molecule has 2 aromatic heterocycles. The van der Waals surface area contributed by atoms with Gasteiger partial charge in [-0.25, -0.2) is 9.07 Å². The highest BCUT2D eigenvalue weighted by atomic mass is 19.1. The Labute approximate surface area is 73.8 Å². The fourth-order valence-corrected chi connectivity index (χ4v) is 1.03. The summed E-state index contributed by atoms with van der Waals surface area (Å²) in [6.07, 6.45) is 4.22. The van der Waals surface area contributed by atoms with E-state index in [1.807, 2.05) is 0 Å². The SMILES string of the molecule is Nc1ccn(-c2ccncc2F)n1. The maximum absolute atomic E-state index is 13.1. The predicted octanol–water partition coefficient (Wildman–Crippen LogP) is 0.989. The lowest BCUT2D eigenvalue weighted by molar-refractivity contribution is 0.605. The molecule has 0 spiro atoms. The molecule has 0 saturated carbocycles. The minimum Gasteiger partial charge on any atom is -0.382 e. The van der Waals surface area contributed by atoms with E-state index in [0.29, 0.717) is 11.5 Å². The van der Waals surface area contributed by atoms with Crippen LogP contribution in [0.2, 0.25) is 0 Å². The van der Waals surface area contributed by atoms with Gasteiger partial charge in [0.05, 0.1) is 6.20 Å². The van der Waals surface area contributed by atoms with E-state index in [1.165, 1.54) is 16.9 Å². The number of pyridine rings is 1. The van der Waals surface area contributed by atoms with E-state index in [-0.39, 0.29) is 0 Å². The molecule has 0 fully saturated rings. The Kier molecular flexibility index (Phi) is 1.70. The van der Waals surface area contributed by atoms with Crippen molar-refractivity contribution in [3.63, 3.8) is 0 Å². The van der Waals surface area contributed by atoms with Crippen molar-refractivity contribution in [2.24, 2.45) is 0 Å². The number of halogens is 1. The van der Waals surface area contributed by atoms with Crippen molar-refractivity contribution in [1.82, 2.24) is 14.8 Å². The van der Waals surface area contributed by atoms with Gasteiger partial charge in [-0.3, -0.25) is 4.98 Å². The third-order valence-electron chi connectivity index (χ3n) is 1.61. The molecule has 0 radical (unpaired) electrons. The first kappa shape index (κ1) is 7.72. The Hall–Kier alpha value is -1.91. The summed E-state index contributed by atoms with van der Waals surface area (Å²) in [7, 11) is 0. The van der Waals surface area contributed by atoms with Crippen molar-refractivity contribution < 1.29 is 4.39 Å². The van der Waals surface area contributed by atoms with E-state index >= 15 is 0 Å². The molecular weight excluding hydrogens is 171 g/mol. The molecule has 2 aromatic rings. The molecule has 0 aromatic carbocycles. The zero-order valence-corrected chi connectivity index (χ0v) is 6.68. The van der Waals surface area contributed by atoms with Crippen LogP contribution in [0.5, 0.6) is 0 Å². The normalized spacial score (nSPS) is 10.2. The molecule has 0 atom stereocenters. The summed E-state index contributed by atoms with van der Waals surface area (Å²) in [6.45, 7) is 0. The third kappa shape index (κ3) is 1.35. The van der Waals surface area contributed by atoms with Crippen LogP contribution in [-0.2, 0) is 0 Å². The second-order valence-corrected chi connectivity index (χ2v) is 2.51. The first-order valence-corrected chi connectivity index (χ1v) is 3.68.